The summed E-state index contributed by atoms with van der Waals surface area (Å²) in [7, 11) is 0. The molecule has 20 heavy (non-hydrogen) atoms. The van der Waals surface area contributed by atoms with Gasteiger partial charge in [0.25, 0.3) is 0 Å². The van der Waals surface area contributed by atoms with Crippen molar-refractivity contribution in [2.24, 2.45) is 5.92 Å². The molecule has 110 valence electrons. The van der Waals surface area contributed by atoms with Crippen LogP contribution in [0.25, 0.3) is 0 Å². The van der Waals surface area contributed by atoms with Crippen LogP contribution < -0.4 is 10.2 Å². The fourth-order valence-corrected chi connectivity index (χ4v) is 3.22. The fraction of sp³-hybridized carbons (Fsp3) is 0.733. The Hall–Kier alpha value is -1.36. The quantitative estimate of drug-likeness (QED) is 0.881. The van der Waals surface area contributed by atoms with Gasteiger partial charge in [0.15, 0.2) is 0 Å². The summed E-state index contributed by atoms with van der Waals surface area (Å²) in [5.74, 6) is 2.25. The molecule has 1 saturated carbocycles. The highest BCUT2D eigenvalue weighted by atomic mass is 16.3. The van der Waals surface area contributed by atoms with Crippen molar-refractivity contribution < 1.29 is 5.11 Å². The summed E-state index contributed by atoms with van der Waals surface area (Å²) in [5, 5.41) is 13.4. The largest absolute Gasteiger partial charge is 0.393 e. The monoisotopic (exact) mass is 276 g/mol. The third kappa shape index (κ3) is 3.20. The van der Waals surface area contributed by atoms with Gasteiger partial charge in [-0.25, -0.2) is 9.97 Å². The van der Waals surface area contributed by atoms with Crippen LogP contribution in [0.1, 0.15) is 38.5 Å². The predicted molar refractivity (Wildman–Crippen MR) is 79.9 cm³/mol. The molecule has 0 spiro atoms. The number of hydrogen-bond donors (Lipinski definition) is 2. The standard InChI is InChI=1S/C15H24N4O/c20-13-6-2-1-5-12(13)10-16-14-9-15(18-11-17-14)19-7-3-4-8-19/h9,11-13,20H,1-8,10H2,(H,16,17,18)/t12-,13+/m0/s1. The molecule has 0 radical (unpaired) electrons. The molecular formula is C15H24N4O. The predicted octanol–water partition coefficient (Wildman–Crippen LogP) is 2.04. The maximum absolute atomic E-state index is 9.99. The molecule has 2 fully saturated rings. The third-order valence-electron chi connectivity index (χ3n) is 4.50. The molecule has 2 aliphatic rings. The molecule has 2 N–H and O–H groups in total. The molecule has 5 heteroatoms. The van der Waals surface area contributed by atoms with Gasteiger partial charge >= 0.3 is 0 Å². The highest BCUT2D eigenvalue weighted by Crippen LogP contribution is 2.25. The van der Waals surface area contributed by atoms with E-state index in [4.69, 9.17) is 0 Å². The lowest BCUT2D eigenvalue weighted by atomic mass is 9.86. The molecule has 0 amide bonds. The topological polar surface area (TPSA) is 61.3 Å². The Morgan fingerprint density at radius 2 is 1.95 bits per heavy atom. The van der Waals surface area contributed by atoms with Gasteiger partial charge in [-0.3, -0.25) is 0 Å². The highest BCUT2D eigenvalue weighted by Gasteiger charge is 2.22. The van der Waals surface area contributed by atoms with E-state index in [1.54, 1.807) is 6.33 Å². The van der Waals surface area contributed by atoms with Gasteiger partial charge in [-0.2, -0.15) is 0 Å². The van der Waals surface area contributed by atoms with Crippen molar-refractivity contribution in [1.29, 1.82) is 0 Å². The molecule has 5 nitrogen and oxygen atoms in total. The fourth-order valence-electron chi connectivity index (χ4n) is 3.22. The van der Waals surface area contributed by atoms with Crippen molar-refractivity contribution in [2.45, 2.75) is 44.6 Å². The molecule has 0 bridgehead atoms. The van der Waals surface area contributed by atoms with Crippen LogP contribution in [0.2, 0.25) is 0 Å². The molecule has 2 atom stereocenters. The Bertz CT molecular complexity index is 434. The lowest BCUT2D eigenvalue weighted by Gasteiger charge is -2.27. The maximum atomic E-state index is 9.99. The SMILES string of the molecule is O[C@@H]1CCCC[C@H]1CNc1cc(N2CCCC2)ncn1. The Labute approximate surface area is 120 Å². The molecule has 1 saturated heterocycles. The normalized spacial score (nSPS) is 26.8. The van der Waals surface area contributed by atoms with E-state index in [2.05, 4.69) is 20.2 Å². The summed E-state index contributed by atoms with van der Waals surface area (Å²) >= 11 is 0. The summed E-state index contributed by atoms with van der Waals surface area (Å²) in [6.45, 7) is 2.99. The average Bonchev–Trinajstić information content (AvgIpc) is 3.01. The third-order valence-corrected chi connectivity index (χ3v) is 4.50. The Morgan fingerprint density at radius 3 is 2.75 bits per heavy atom. The molecule has 3 rings (SSSR count). The second kappa shape index (κ2) is 6.39. The van der Waals surface area contributed by atoms with E-state index in [0.29, 0.717) is 5.92 Å². The van der Waals surface area contributed by atoms with Crippen LogP contribution in [-0.2, 0) is 0 Å². The number of aliphatic hydroxyl groups excluding tert-OH is 1. The van der Waals surface area contributed by atoms with Crippen LogP contribution in [-0.4, -0.2) is 40.8 Å². The number of aliphatic hydroxyl groups is 1. The lowest BCUT2D eigenvalue weighted by molar-refractivity contribution is 0.0763. The number of rotatable bonds is 4. The number of nitrogens with one attached hydrogen (secondary N) is 1. The average molecular weight is 276 g/mol. The van der Waals surface area contributed by atoms with Crippen LogP contribution in [0, 0.1) is 5.92 Å². The first-order valence-electron chi connectivity index (χ1n) is 7.82. The van der Waals surface area contributed by atoms with Crippen molar-refractivity contribution in [3.05, 3.63) is 12.4 Å². The van der Waals surface area contributed by atoms with Crippen LogP contribution in [0.15, 0.2) is 12.4 Å². The molecule has 1 aliphatic heterocycles. The Kier molecular flexibility index (Phi) is 4.35. The van der Waals surface area contributed by atoms with Gasteiger partial charge < -0.3 is 15.3 Å². The van der Waals surface area contributed by atoms with Crippen molar-refractivity contribution in [2.75, 3.05) is 29.9 Å². The van der Waals surface area contributed by atoms with Gasteiger partial charge in [-0.15, -0.1) is 0 Å². The zero-order valence-corrected chi connectivity index (χ0v) is 12.0. The first-order chi connectivity index (χ1) is 9.83. The molecule has 0 unspecified atom stereocenters. The maximum Gasteiger partial charge on any atom is 0.134 e. The van der Waals surface area contributed by atoms with E-state index < -0.39 is 0 Å². The molecular weight excluding hydrogens is 252 g/mol. The van der Waals surface area contributed by atoms with E-state index in [1.165, 1.54) is 19.3 Å². The number of hydrogen-bond acceptors (Lipinski definition) is 5. The highest BCUT2D eigenvalue weighted by molar-refractivity contribution is 5.48. The summed E-state index contributed by atoms with van der Waals surface area (Å²) in [6.07, 6.45) is 8.41. The van der Waals surface area contributed by atoms with E-state index in [-0.39, 0.29) is 6.10 Å². The second-order valence-corrected chi connectivity index (χ2v) is 5.95. The number of nitrogens with zero attached hydrogens (tertiary/aromatic N) is 3. The summed E-state index contributed by atoms with van der Waals surface area (Å²) in [5.41, 5.74) is 0. The van der Waals surface area contributed by atoms with Gasteiger partial charge in [-0.05, 0) is 25.7 Å². The van der Waals surface area contributed by atoms with Gasteiger partial charge in [0.05, 0.1) is 6.10 Å². The van der Waals surface area contributed by atoms with E-state index in [0.717, 1.165) is 50.5 Å². The summed E-state index contributed by atoms with van der Waals surface area (Å²) in [6, 6.07) is 2.03. The van der Waals surface area contributed by atoms with Crippen molar-refractivity contribution in [3.8, 4) is 0 Å². The Morgan fingerprint density at radius 1 is 1.15 bits per heavy atom. The van der Waals surface area contributed by atoms with Gasteiger partial charge in [0.2, 0.25) is 0 Å². The molecule has 0 aromatic carbocycles. The van der Waals surface area contributed by atoms with Gasteiger partial charge in [-0.1, -0.05) is 12.8 Å². The zero-order chi connectivity index (χ0) is 13.8. The summed E-state index contributed by atoms with van der Waals surface area (Å²) in [4.78, 5) is 11.0. The molecule has 2 heterocycles. The molecule has 1 aromatic heterocycles. The van der Waals surface area contributed by atoms with E-state index >= 15 is 0 Å². The van der Waals surface area contributed by atoms with Crippen LogP contribution in [0.5, 0.6) is 0 Å². The Balaban J connectivity index is 1.58. The smallest absolute Gasteiger partial charge is 0.134 e. The van der Waals surface area contributed by atoms with Crippen molar-refractivity contribution >= 4 is 11.6 Å². The summed E-state index contributed by atoms with van der Waals surface area (Å²) < 4.78 is 0. The minimum atomic E-state index is -0.156. The van der Waals surface area contributed by atoms with Crippen LogP contribution in [0.4, 0.5) is 11.6 Å². The first kappa shape index (κ1) is 13.6. The van der Waals surface area contributed by atoms with Gasteiger partial charge in [0.1, 0.15) is 18.0 Å². The second-order valence-electron chi connectivity index (χ2n) is 5.95. The van der Waals surface area contributed by atoms with Gasteiger partial charge in [0, 0.05) is 31.6 Å². The lowest BCUT2D eigenvalue weighted by Crippen LogP contribution is -2.30. The number of anilines is 2. The van der Waals surface area contributed by atoms with Crippen LogP contribution >= 0.6 is 0 Å². The van der Waals surface area contributed by atoms with E-state index in [1.807, 2.05) is 6.07 Å². The van der Waals surface area contributed by atoms with Crippen LogP contribution in [0.3, 0.4) is 0 Å². The minimum Gasteiger partial charge on any atom is -0.393 e. The molecule has 1 aliphatic carbocycles. The van der Waals surface area contributed by atoms with E-state index in [9.17, 15) is 5.11 Å². The molecule has 1 aromatic rings. The van der Waals surface area contributed by atoms with Crippen molar-refractivity contribution in [3.63, 3.8) is 0 Å². The first-order valence-corrected chi connectivity index (χ1v) is 7.82. The van der Waals surface area contributed by atoms with Crippen molar-refractivity contribution in [1.82, 2.24) is 9.97 Å². The zero-order valence-electron chi connectivity index (χ0n) is 12.0. The number of aromatic nitrogens is 2. The minimum absolute atomic E-state index is 0.156.